The van der Waals surface area contributed by atoms with Crippen LogP contribution in [0.2, 0.25) is 0 Å². The number of amides is 1. The molecule has 0 aliphatic carbocycles. The van der Waals surface area contributed by atoms with Crippen LogP contribution in [0, 0.1) is 5.82 Å². The molecular formula is C11H13BrFNO2. The van der Waals surface area contributed by atoms with Crippen LogP contribution in [0.4, 0.5) is 4.39 Å². The summed E-state index contributed by atoms with van der Waals surface area (Å²) in [7, 11) is 1.54. The van der Waals surface area contributed by atoms with Gasteiger partial charge in [-0.1, -0.05) is 15.9 Å². The number of hydrogen-bond donors (Lipinski definition) is 1. The Hall–Kier alpha value is -0.940. The van der Waals surface area contributed by atoms with Crippen LogP contribution in [0.15, 0.2) is 22.7 Å². The Morgan fingerprint density at radius 1 is 1.62 bits per heavy atom. The molecule has 0 aromatic heterocycles. The van der Waals surface area contributed by atoms with Crippen molar-refractivity contribution in [3.05, 3.63) is 34.1 Å². The molecule has 3 nitrogen and oxygen atoms in total. The van der Waals surface area contributed by atoms with Crippen LogP contribution in [0.5, 0.6) is 0 Å². The largest absolute Gasteiger partial charge is 0.383 e. The van der Waals surface area contributed by atoms with Crippen LogP contribution >= 0.6 is 15.9 Å². The normalized spacial score (nSPS) is 12.2. The Balaban J connectivity index is 2.76. The number of carbonyl (C=O) groups excluding carboxylic acids is 1. The number of ether oxygens (including phenoxy) is 1. The third-order valence-electron chi connectivity index (χ3n) is 1.97. The minimum atomic E-state index is -0.537. The number of carbonyl (C=O) groups is 1. The van der Waals surface area contributed by atoms with Crippen LogP contribution in [-0.2, 0) is 4.74 Å². The van der Waals surface area contributed by atoms with Crippen LogP contribution < -0.4 is 5.32 Å². The predicted molar refractivity (Wildman–Crippen MR) is 62.9 cm³/mol. The zero-order valence-corrected chi connectivity index (χ0v) is 10.7. The molecule has 0 aliphatic heterocycles. The molecule has 0 fully saturated rings. The average molecular weight is 290 g/mol. The summed E-state index contributed by atoms with van der Waals surface area (Å²) in [4.78, 5) is 11.7. The van der Waals surface area contributed by atoms with Crippen LogP contribution in [0.1, 0.15) is 17.3 Å². The van der Waals surface area contributed by atoms with E-state index in [-0.39, 0.29) is 11.6 Å². The molecule has 1 rings (SSSR count). The predicted octanol–water partition coefficient (Wildman–Crippen LogP) is 2.35. The SMILES string of the molecule is COCC(C)NC(=O)c1cc(Br)ccc1F. The van der Waals surface area contributed by atoms with Crippen molar-refractivity contribution >= 4 is 21.8 Å². The fourth-order valence-corrected chi connectivity index (χ4v) is 1.63. The van der Waals surface area contributed by atoms with Crippen molar-refractivity contribution < 1.29 is 13.9 Å². The number of rotatable bonds is 4. The van der Waals surface area contributed by atoms with Gasteiger partial charge in [-0.15, -0.1) is 0 Å². The molecule has 0 bridgehead atoms. The highest BCUT2D eigenvalue weighted by Gasteiger charge is 2.14. The Bertz CT molecular complexity index is 384. The summed E-state index contributed by atoms with van der Waals surface area (Å²) >= 11 is 3.19. The molecule has 1 aromatic rings. The zero-order chi connectivity index (χ0) is 12.1. The lowest BCUT2D eigenvalue weighted by Crippen LogP contribution is -2.36. The van der Waals surface area contributed by atoms with E-state index < -0.39 is 11.7 Å². The Kier molecular flexibility index (Phi) is 4.89. The third kappa shape index (κ3) is 3.57. The highest BCUT2D eigenvalue weighted by atomic mass is 79.9. The minimum Gasteiger partial charge on any atom is -0.383 e. The van der Waals surface area contributed by atoms with Gasteiger partial charge in [0.15, 0.2) is 0 Å². The second kappa shape index (κ2) is 5.96. The highest BCUT2D eigenvalue weighted by Crippen LogP contribution is 2.15. The molecule has 0 aliphatic rings. The summed E-state index contributed by atoms with van der Waals surface area (Å²) in [6.45, 7) is 2.18. The third-order valence-corrected chi connectivity index (χ3v) is 2.46. The van der Waals surface area contributed by atoms with Gasteiger partial charge in [-0.25, -0.2) is 4.39 Å². The van der Waals surface area contributed by atoms with E-state index in [0.29, 0.717) is 11.1 Å². The number of benzene rings is 1. The van der Waals surface area contributed by atoms with Gasteiger partial charge in [0.25, 0.3) is 5.91 Å². The minimum absolute atomic E-state index is 0.0253. The molecule has 0 radical (unpaired) electrons. The fourth-order valence-electron chi connectivity index (χ4n) is 1.26. The summed E-state index contributed by atoms with van der Waals surface area (Å²) in [6, 6.07) is 4.09. The lowest BCUT2D eigenvalue weighted by atomic mass is 10.2. The monoisotopic (exact) mass is 289 g/mol. The Morgan fingerprint density at radius 3 is 2.94 bits per heavy atom. The first-order valence-electron chi connectivity index (χ1n) is 4.79. The molecular weight excluding hydrogens is 277 g/mol. The summed E-state index contributed by atoms with van der Waals surface area (Å²) in [5.74, 6) is -0.978. The first-order valence-corrected chi connectivity index (χ1v) is 5.58. The zero-order valence-electron chi connectivity index (χ0n) is 9.09. The van der Waals surface area contributed by atoms with Gasteiger partial charge in [0.2, 0.25) is 0 Å². The number of nitrogens with one attached hydrogen (secondary N) is 1. The molecule has 88 valence electrons. The van der Waals surface area contributed by atoms with Gasteiger partial charge in [-0.2, -0.15) is 0 Å². The molecule has 16 heavy (non-hydrogen) atoms. The second-order valence-electron chi connectivity index (χ2n) is 3.45. The first kappa shape index (κ1) is 13.1. The molecule has 1 N–H and O–H groups in total. The van der Waals surface area contributed by atoms with Crippen LogP contribution in [0.25, 0.3) is 0 Å². The highest BCUT2D eigenvalue weighted by molar-refractivity contribution is 9.10. The maximum absolute atomic E-state index is 13.3. The van der Waals surface area contributed by atoms with Gasteiger partial charge in [0, 0.05) is 17.6 Å². The van der Waals surface area contributed by atoms with Crippen LogP contribution in [-0.4, -0.2) is 25.7 Å². The van der Waals surface area contributed by atoms with Crippen molar-refractivity contribution in [2.75, 3.05) is 13.7 Å². The smallest absolute Gasteiger partial charge is 0.254 e. The van der Waals surface area contributed by atoms with Gasteiger partial charge in [0.05, 0.1) is 12.2 Å². The molecule has 1 amide bonds. The van der Waals surface area contributed by atoms with Crippen molar-refractivity contribution in [3.63, 3.8) is 0 Å². The summed E-state index contributed by atoms with van der Waals surface area (Å²) in [5, 5.41) is 2.64. The van der Waals surface area contributed by atoms with Crippen molar-refractivity contribution in [3.8, 4) is 0 Å². The van der Waals surface area contributed by atoms with Gasteiger partial charge < -0.3 is 10.1 Å². The second-order valence-corrected chi connectivity index (χ2v) is 4.37. The molecule has 5 heteroatoms. The van der Waals surface area contributed by atoms with E-state index >= 15 is 0 Å². The van der Waals surface area contributed by atoms with E-state index in [0.717, 1.165) is 0 Å². The molecule has 1 atom stereocenters. The van der Waals surface area contributed by atoms with Crippen molar-refractivity contribution in [1.29, 1.82) is 0 Å². The topological polar surface area (TPSA) is 38.3 Å². The molecule has 0 saturated carbocycles. The van der Waals surface area contributed by atoms with E-state index in [2.05, 4.69) is 21.2 Å². The lowest BCUT2D eigenvalue weighted by Gasteiger charge is -2.13. The van der Waals surface area contributed by atoms with E-state index in [1.165, 1.54) is 12.1 Å². The van der Waals surface area contributed by atoms with Gasteiger partial charge >= 0.3 is 0 Å². The van der Waals surface area contributed by atoms with Crippen LogP contribution in [0.3, 0.4) is 0 Å². The summed E-state index contributed by atoms with van der Waals surface area (Å²) in [6.07, 6.45) is 0. The number of hydrogen-bond acceptors (Lipinski definition) is 2. The molecule has 0 heterocycles. The van der Waals surface area contributed by atoms with Crippen molar-refractivity contribution in [2.45, 2.75) is 13.0 Å². The van der Waals surface area contributed by atoms with Gasteiger partial charge in [-0.05, 0) is 25.1 Å². The quantitative estimate of drug-likeness (QED) is 0.924. The maximum Gasteiger partial charge on any atom is 0.254 e. The number of halogens is 2. The van der Waals surface area contributed by atoms with E-state index in [1.807, 2.05) is 0 Å². The Labute approximate surface area is 102 Å². The lowest BCUT2D eigenvalue weighted by molar-refractivity contribution is 0.0901. The van der Waals surface area contributed by atoms with Gasteiger partial charge in [0.1, 0.15) is 5.82 Å². The number of methoxy groups -OCH3 is 1. The van der Waals surface area contributed by atoms with E-state index in [4.69, 9.17) is 4.74 Å². The summed E-state index contributed by atoms with van der Waals surface area (Å²) < 4.78 is 18.9. The van der Waals surface area contributed by atoms with Crippen molar-refractivity contribution in [2.24, 2.45) is 0 Å². The molecule has 1 aromatic carbocycles. The first-order chi connectivity index (χ1) is 7.54. The van der Waals surface area contributed by atoms with E-state index in [9.17, 15) is 9.18 Å². The van der Waals surface area contributed by atoms with Gasteiger partial charge in [-0.3, -0.25) is 4.79 Å². The van der Waals surface area contributed by atoms with E-state index in [1.54, 1.807) is 20.1 Å². The van der Waals surface area contributed by atoms with Crippen molar-refractivity contribution in [1.82, 2.24) is 5.32 Å². The standard InChI is InChI=1S/C11H13BrFNO2/c1-7(6-16-2)14-11(15)9-5-8(12)3-4-10(9)13/h3-5,7H,6H2,1-2H3,(H,14,15). The summed E-state index contributed by atoms with van der Waals surface area (Å²) in [5.41, 5.74) is 0.0253. The molecule has 0 spiro atoms. The Morgan fingerprint density at radius 2 is 2.31 bits per heavy atom. The average Bonchev–Trinajstić information content (AvgIpc) is 2.21. The molecule has 0 saturated heterocycles. The molecule has 1 unspecified atom stereocenters. The fraction of sp³-hybridized carbons (Fsp3) is 0.364. The maximum atomic E-state index is 13.3.